The van der Waals surface area contributed by atoms with E-state index in [1.165, 1.54) is 23.9 Å². The van der Waals surface area contributed by atoms with Crippen LogP contribution in [0.5, 0.6) is 5.75 Å². The molecule has 0 saturated heterocycles. The SMILES string of the molecule is COc1ccc(-[n+]2[nH]oc(=O)c2C(=O)Nc2ccc(Cl)c(Cl)c2)cc1. The van der Waals surface area contributed by atoms with Gasteiger partial charge in [-0.25, -0.2) is 4.79 Å². The lowest BCUT2D eigenvalue weighted by Gasteiger charge is -2.03. The Bertz CT molecular complexity index is 980. The molecular formula is C16H12Cl2N3O4+. The summed E-state index contributed by atoms with van der Waals surface area (Å²) in [6, 6.07) is 11.3. The fourth-order valence-electron chi connectivity index (χ4n) is 2.14. The van der Waals surface area contributed by atoms with Crippen LogP contribution in [0.4, 0.5) is 5.69 Å². The third-order valence-electron chi connectivity index (χ3n) is 3.37. The molecule has 25 heavy (non-hydrogen) atoms. The average molecular weight is 381 g/mol. The molecule has 9 heteroatoms. The minimum Gasteiger partial charge on any atom is -0.497 e. The van der Waals surface area contributed by atoms with Gasteiger partial charge in [0.15, 0.2) is 0 Å². The number of ether oxygens (including phenoxy) is 1. The van der Waals surface area contributed by atoms with Gasteiger partial charge < -0.3 is 10.1 Å². The summed E-state index contributed by atoms with van der Waals surface area (Å²) in [5, 5.41) is 5.61. The lowest BCUT2D eigenvalue weighted by atomic mass is 10.3. The Labute approximate surface area is 151 Å². The first kappa shape index (κ1) is 17.1. The standard InChI is InChI=1S/C16H11Cl2N3O4/c1-24-11-5-3-10(4-6-11)21-14(16(23)25-20-21)15(22)19-9-2-7-12(17)13(18)8-9/h2-8H,1H3,(H-,19,20,22,23)/p+1. The Morgan fingerprint density at radius 2 is 1.88 bits per heavy atom. The zero-order chi connectivity index (χ0) is 18.0. The van der Waals surface area contributed by atoms with Crippen molar-refractivity contribution in [3.63, 3.8) is 0 Å². The number of benzene rings is 2. The summed E-state index contributed by atoms with van der Waals surface area (Å²) in [5.74, 6) is -0.0267. The highest BCUT2D eigenvalue weighted by Gasteiger charge is 2.31. The van der Waals surface area contributed by atoms with Crippen molar-refractivity contribution in [2.24, 2.45) is 0 Å². The van der Waals surface area contributed by atoms with E-state index < -0.39 is 11.5 Å². The highest BCUT2D eigenvalue weighted by atomic mass is 35.5. The largest absolute Gasteiger partial charge is 0.497 e. The summed E-state index contributed by atoms with van der Waals surface area (Å²) < 4.78 is 11.1. The molecule has 1 aromatic heterocycles. The first-order valence-electron chi connectivity index (χ1n) is 7.04. The van der Waals surface area contributed by atoms with Gasteiger partial charge in [-0.1, -0.05) is 23.2 Å². The number of rotatable bonds is 4. The molecule has 0 saturated carbocycles. The number of carbonyl (C=O) groups is 1. The Hall–Kier alpha value is -2.77. The minimum absolute atomic E-state index is 0.226. The van der Waals surface area contributed by atoms with Crippen molar-refractivity contribution in [2.45, 2.75) is 0 Å². The van der Waals surface area contributed by atoms with Crippen LogP contribution >= 0.6 is 23.2 Å². The number of methoxy groups -OCH3 is 1. The number of H-pyrrole nitrogens is 1. The number of aromatic amines is 1. The van der Waals surface area contributed by atoms with Gasteiger partial charge in [-0.2, -0.15) is 0 Å². The second-order valence-corrected chi connectivity index (χ2v) is 5.76. The van der Waals surface area contributed by atoms with Crippen molar-refractivity contribution in [1.82, 2.24) is 5.27 Å². The molecule has 0 unspecified atom stereocenters. The van der Waals surface area contributed by atoms with Crippen LogP contribution in [-0.2, 0) is 0 Å². The molecule has 128 valence electrons. The first-order valence-corrected chi connectivity index (χ1v) is 7.79. The summed E-state index contributed by atoms with van der Waals surface area (Å²) in [6.45, 7) is 0. The van der Waals surface area contributed by atoms with Gasteiger partial charge in [0, 0.05) is 17.8 Å². The van der Waals surface area contributed by atoms with E-state index in [1.807, 2.05) is 0 Å². The van der Waals surface area contributed by atoms with Crippen molar-refractivity contribution in [2.75, 3.05) is 12.4 Å². The van der Waals surface area contributed by atoms with Crippen molar-refractivity contribution in [1.29, 1.82) is 0 Å². The molecule has 0 radical (unpaired) electrons. The second kappa shape index (κ2) is 7.00. The number of hydrogen-bond donors (Lipinski definition) is 2. The quantitative estimate of drug-likeness (QED) is 0.681. The Morgan fingerprint density at radius 1 is 1.16 bits per heavy atom. The van der Waals surface area contributed by atoms with E-state index in [0.29, 0.717) is 22.1 Å². The van der Waals surface area contributed by atoms with Crippen LogP contribution in [0.1, 0.15) is 10.5 Å². The number of nitrogens with zero attached hydrogens (tertiary/aromatic N) is 1. The average Bonchev–Trinajstić information content (AvgIpc) is 3.00. The third-order valence-corrected chi connectivity index (χ3v) is 4.11. The van der Waals surface area contributed by atoms with Gasteiger partial charge >= 0.3 is 17.2 Å². The van der Waals surface area contributed by atoms with E-state index in [-0.39, 0.29) is 10.7 Å². The molecule has 2 N–H and O–H groups in total. The summed E-state index contributed by atoms with van der Waals surface area (Å²) in [4.78, 5) is 24.4. The number of nitrogens with one attached hydrogen (secondary N) is 2. The molecule has 7 nitrogen and oxygen atoms in total. The van der Waals surface area contributed by atoms with E-state index in [2.05, 4.69) is 10.6 Å². The van der Waals surface area contributed by atoms with Crippen molar-refractivity contribution >= 4 is 34.8 Å². The predicted molar refractivity (Wildman–Crippen MR) is 91.8 cm³/mol. The molecular weight excluding hydrogens is 369 g/mol. The summed E-state index contributed by atoms with van der Waals surface area (Å²) in [7, 11) is 1.54. The van der Waals surface area contributed by atoms with Gasteiger partial charge in [0.2, 0.25) is 5.69 Å². The van der Waals surface area contributed by atoms with Gasteiger partial charge in [-0.15, -0.1) is 0 Å². The molecule has 2 aromatic carbocycles. The summed E-state index contributed by atoms with van der Waals surface area (Å²) >= 11 is 11.8. The van der Waals surface area contributed by atoms with Gasteiger partial charge in [-0.05, 0) is 40.3 Å². The Morgan fingerprint density at radius 3 is 2.52 bits per heavy atom. The lowest BCUT2D eigenvalue weighted by Crippen LogP contribution is -2.42. The maximum Gasteiger partial charge on any atom is 0.441 e. The summed E-state index contributed by atoms with van der Waals surface area (Å²) in [6.07, 6.45) is 0. The van der Waals surface area contributed by atoms with Crippen molar-refractivity contribution < 1.29 is 18.7 Å². The number of anilines is 1. The fraction of sp³-hybridized carbons (Fsp3) is 0.0625. The van der Waals surface area contributed by atoms with Gasteiger partial charge in [0.25, 0.3) is 0 Å². The molecule has 0 spiro atoms. The molecule has 0 fully saturated rings. The number of aromatic nitrogens is 2. The highest BCUT2D eigenvalue weighted by molar-refractivity contribution is 6.42. The molecule has 0 aliphatic heterocycles. The highest BCUT2D eigenvalue weighted by Crippen LogP contribution is 2.25. The lowest BCUT2D eigenvalue weighted by molar-refractivity contribution is -0.672. The smallest absolute Gasteiger partial charge is 0.441 e. The zero-order valence-electron chi connectivity index (χ0n) is 12.9. The maximum absolute atomic E-state index is 12.5. The normalized spacial score (nSPS) is 10.5. The number of hydrogen-bond acceptors (Lipinski definition) is 4. The third kappa shape index (κ3) is 3.52. The molecule has 0 atom stereocenters. The minimum atomic E-state index is -0.812. The van der Waals surface area contributed by atoms with Crippen LogP contribution in [0.15, 0.2) is 51.8 Å². The first-order chi connectivity index (χ1) is 12.0. The van der Waals surface area contributed by atoms with Crippen LogP contribution in [0, 0.1) is 0 Å². The van der Waals surface area contributed by atoms with Crippen LogP contribution in [-0.4, -0.2) is 18.3 Å². The van der Waals surface area contributed by atoms with Gasteiger partial charge in [0.1, 0.15) is 5.75 Å². The van der Waals surface area contributed by atoms with Gasteiger partial charge in [-0.3, -0.25) is 9.32 Å². The van der Waals surface area contributed by atoms with E-state index in [9.17, 15) is 9.59 Å². The molecule has 1 amide bonds. The topological polar surface area (TPSA) is 88.2 Å². The van der Waals surface area contributed by atoms with Crippen molar-refractivity contribution in [3.05, 3.63) is 68.6 Å². The van der Waals surface area contributed by atoms with Crippen LogP contribution in [0.3, 0.4) is 0 Å². The molecule has 0 bridgehead atoms. The van der Waals surface area contributed by atoms with Crippen LogP contribution in [0.25, 0.3) is 5.69 Å². The van der Waals surface area contributed by atoms with E-state index in [1.54, 1.807) is 30.3 Å². The second-order valence-electron chi connectivity index (χ2n) is 4.95. The number of carbonyl (C=O) groups excluding carboxylic acids is 1. The number of halogens is 2. The molecule has 1 heterocycles. The van der Waals surface area contributed by atoms with E-state index >= 15 is 0 Å². The molecule has 3 rings (SSSR count). The van der Waals surface area contributed by atoms with Crippen LogP contribution in [0.2, 0.25) is 10.0 Å². The van der Waals surface area contributed by atoms with E-state index in [4.69, 9.17) is 32.5 Å². The summed E-state index contributed by atoms with van der Waals surface area (Å²) in [5.41, 5.74) is -0.128. The van der Waals surface area contributed by atoms with Crippen LogP contribution < -0.4 is 20.4 Å². The fourth-order valence-corrected chi connectivity index (χ4v) is 2.44. The monoisotopic (exact) mass is 380 g/mol. The molecule has 0 aliphatic rings. The Kier molecular flexibility index (Phi) is 4.78. The van der Waals surface area contributed by atoms with Crippen molar-refractivity contribution in [3.8, 4) is 11.4 Å². The van der Waals surface area contributed by atoms with E-state index in [0.717, 1.165) is 0 Å². The molecule has 3 aromatic rings. The molecule has 0 aliphatic carbocycles. The predicted octanol–water partition coefficient (Wildman–Crippen LogP) is 2.81. The Balaban J connectivity index is 1.93. The zero-order valence-corrected chi connectivity index (χ0v) is 14.4. The number of amides is 1. The van der Waals surface area contributed by atoms with Gasteiger partial charge in [0.05, 0.1) is 17.2 Å². The maximum atomic E-state index is 12.5.